The number of hydrogen-bond donors (Lipinski definition) is 2. The highest BCUT2D eigenvalue weighted by atomic mass is 16.3. The molecule has 28 heavy (non-hydrogen) atoms. The van der Waals surface area contributed by atoms with Crippen LogP contribution >= 0.6 is 0 Å². The summed E-state index contributed by atoms with van der Waals surface area (Å²) in [6, 6.07) is 15.7. The minimum atomic E-state index is -0.691. The number of aromatic nitrogens is 2. The van der Waals surface area contributed by atoms with E-state index in [9.17, 15) is 14.7 Å². The van der Waals surface area contributed by atoms with Gasteiger partial charge in [-0.3, -0.25) is 14.3 Å². The van der Waals surface area contributed by atoms with Crippen LogP contribution < -0.4 is 5.32 Å². The zero-order valence-electron chi connectivity index (χ0n) is 15.8. The molecule has 0 saturated heterocycles. The van der Waals surface area contributed by atoms with Crippen LogP contribution in [0.25, 0.3) is 10.8 Å². The number of carbonyl (C=O) groups excluding carboxylic acids is 2. The monoisotopic (exact) mass is 380 g/mol. The molecule has 3 rings (SSSR count). The number of carbonyl (C=O) groups is 2. The quantitative estimate of drug-likeness (QED) is 0.611. The van der Waals surface area contributed by atoms with Crippen LogP contribution in [0.3, 0.4) is 0 Å². The van der Waals surface area contributed by atoms with Crippen LogP contribution in [0.5, 0.6) is 0 Å². The molecule has 0 bridgehead atoms. The molecule has 7 heteroatoms. The van der Waals surface area contributed by atoms with Gasteiger partial charge in [-0.1, -0.05) is 36.4 Å². The molecule has 2 N–H and O–H groups in total. The molecule has 2 aromatic carbocycles. The highest BCUT2D eigenvalue weighted by molar-refractivity contribution is 6.34. The lowest BCUT2D eigenvalue weighted by Gasteiger charge is -2.21. The third-order valence-electron chi connectivity index (χ3n) is 4.58. The van der Waals surface area contributed by atoms with E-state index in [-0.39, 0.29) is 26.2 Å². The number of aryl methyl sites for hydroxylation is 1. The van der Waals surface area contributed by atoms with Crippen molar-refractivity contribution in [3.05, 3.63) is 66.0 Å². The molecular weight excluding hydrogens is 356 g/mol. The van der Waals surface area contributed by atoms with Gasteiger partial charge in [0.05, 0.1) is 18.8 Å². The van der Waals surface area contributed by atoms with E-state index in [0.717, 1.165) is 22.0 Å². The van der Waals surface area contributed by atoms with Crippen LogP contribution in [0, 0.1) is 0 Å². The van der Waals surface area contributed by atoms with Gasteiger partial charge < -0.3 is 15.3 Å². The fourth-order valence-electron chi connectivity index (χ4n) is 3.10. The van der Waals surface area contributed by atoms with Crippen LogP contribution in [-0.2, 0) is 29.2 Å². The summed E-state index contributed by atoms with van der Waals surface area (Å²) in [6.45, 7) is 2.95. The minimum Gasteiger partial charge on any atom is -0.395 e. The van der Waals surface area contributed by atoms with Crippen LogP contribution in [0.2, 0.25) is 0 Å². The first-order chi connectivity index (χ1) is 13.6. The molecule has 0 spiro atoms. The average molecular weight is 380 g/mol. The van der Waals surface area contributed by atoms with Crippen molar-refractivity contribution in [3.63, 3.8) is 0 Å². The Morgan fingerprint density at radius 2 is 1.93 bits per heavy atom. The van der Waals surface area contributed by atoms with Gasteiger partial charge in [0.15, 0.2) is 0 Å². The zero-order valence-corrected chi connectivity index (χ0v) is 15.8. The van der Waals surface area contributed by atoms with E-state index in [1.165, 1.54) is 4.90 Å². The first-order valence-electron chi connectivity index (χ1n) is 9.28. The summed E-state index contributed by atoms with van der Waals surface area (Å²) in [5, 5.41) is 18.3. The standard InChI is InChI=1S/C21H24N4O3/c1-2-25-19(9-10-23-25)15-24(11-12-26)21(28)20(27)22-14-16-7-8-17-5-3-4-6-18(17)13-16/h3-10,13,26H,2,11-12,14-15H2,1H3,(H,22,27). The highest BCUT2D eigenvalue weighted by Crippen LogP contribution is 2.15. The summed E-state index contributed by atoms with van der Waals surface area (Å²) in [5.74, 6) is -1.36. The number of nitrogens with zero attached hydrogens (tertiary/aromatic N) is 3. The van der Waals surface area contributed by atoms with E-state index in [1.54, 1.807) is 16.9 Å². The molecule has 0 aliphatic heterocycles. The number of hydrogen-bond acceptors (Lipinski definition) is 4. The fraction of sp³-hybridized carbons (Fsp3) is 0.286. The Morgan fingerprint density at radius 3 is 2.68 bits per heavy atom. The number of fused-ring (bicyclic) bond motifs is 1. The van der Waals surface area contributed by atoms with Gasteiger partial charge in [0, 0.05) is 25.8 Å². The predicted molar refractivity (Wildman–Crippen MR) is 106 cm³/mol. The smallest absolute Gasteiger partial charge is 0.312 e. The summed E-state index contributed by atoms with van der Waals surface area (Å²) in [7, 11) is 0. The Bertz CT molecular complexity index is 967. The number of aliphatic hydroxyl groups excluding tert-OH is 1. The van der Waals surface area contributed by atoms with Crippen LogP contribution in [-0.4, -0.2) is 44.8 Å². The lowest BCUT2D eigenvalue weighted by molar-refractivity contribution is -0.146. The third kappa shape index (κ3) is 4.55. The Balaban J connectivity index is 1.64. The number of rotatable bonds is 7. The molecule has 7 nitrogen and oxygen atoms in total. The Labute approximate surface area is 163 Å². The van der Waals surface area contributed by atoms with Crippen LogP contribution in [0.15, 0.2) is 54.7 Å². The number of nitrogens with one attached hydrogen (secondary N) is 1. The second kappa shape index (κ2) is 9.14. The van der Waals surface area contributed by atoms with E-state index in [0.29, 0.717) is 6.54 Å². The van der Waals surface area contributed by atoms with Gasteiger partial charge in [-0.05, 0) is 35.4 Å². The van der Waals surface area contributed by atoms with Crippen molar-refractivity contribution < 1.29 is 14.7 Å². The molecule has 0 aliphatic rings. The molecule has 2 amide bonds. The largest absolute Gasteiger partial charge is 0.395 e. The van der Waals surface area contributed by atoms with E-state index in [1.807, 2.05) is 49.4 Å². The van der Waals surface area contributed by atoms with Gasteiger partial charge in [-0.15, -0.1) is 0 Å². The molecule has 0 radical (unpaired) electrons. The second-order valence-electron chi connectivity index (χ2n) is 6.45. The van der Waals surface area contributed by atoms with Crippen molar-refractivity contribution in [2.75, 3.05) is 13.2 Å². The van der Waals surface area contributed by atoms with Crippen molar-refractivity contribution in [1.29, 1.82) is 0 Å². The maximum absolute atomic E-state index is 12.6. The van der Waals surface area contributed by atoms with E-state index >= 15 is 0 Å². The summed E-state index contributed by atoms with van der Waals surface area (Å²) in [4.78, 5) is 26.3. The maximum Gasteiger partial charge on any atom is 0.312 e. The van der Waals surface area contributed by atoms with Crippen molar-refractivity contribution in [1.82, 2.24) is 20.0 Å². The van der Waals surface area contributed by atoms with E-state index < -0.39 is 11.8 Å². The highest BCUT2D eigenvalue weighted by Gasteiger charge is 2.22. The first-order valence-corrected chi connectivity index (χ1v) is 9.28. The van der Waals surface area contributed by atoms with Gasteiger partial charge in [-0.25, -0.2) is 0 Å². The van der Waals surface area contributed by atoms with Gasteiger partial charge in [0.1, 0.15) is 0 Å². The van der Waals surface area contributed by atoms with Gasteiger partial charge in [0.25, 0.3) is 0 Å². The molecule has 0 fully saturated rings. The second-order valence-corrected chi connectivity index (χ2v) is 6.45. The molecule has 3 aromatic rings. The van der Waals surface area contributed by atoms with Crippen molar-refractivity contribution in [3.8, 4) is 0 Å². The molecule has 1 heterocycles. The molecule has 0 atom stereocenters. The minimum absolute atomic E-state index is 0.0805. The molecule has 0 saturated carbocycles. The Morgan fingerprint density at radius 1 is 1.14 bits per heavy atom. The molecular formula is C21H24N4O3. The molecule has 146 valence electrons. The lowest BCUT2D eigenvalue weighted by Crippen LogP contribution is -2.43. The van der Waals surface area contributed by atoms with E-state index in [2.05, 4.69) is 10.4 Å². The van der Waals surface area contributed by atoms with Crippen molar-refractivity contribution >= 4 is 22.6 Å². The number of amides is 2. The van der Waals surface area contributed by atoms with Crippen LogP contribution in [0.1, 0.15) is 18.2 Å². The lowest BCUT2D eigenvalue weighted by atomic mass is 10.1. The van der Waals surface area contributed by atoms with Crippen LogP contribution in [0.4, 0.5) is 0 Å². The van der Waals surface area contributed by atoms with Gasteiger partial charge >= 0.3 is 11.8 Å². The summed E-state index contributed by atoms with van der Waals surface area (Å²) < 4.78 is 1.75. The average Bonchev–Trinajstić information content (AvgIpc) is 3.18. The summed E-state index contributed by atoms with van der Waals surface area (Å²) in [6.07, 6.45) is 1.65. The molecule has 0 unspecified atom stereocenters. The number of benzene rings is 2. The Kier molecular flexibility index (Phi) is 6.39. The SMILES string of the molecule is CCn1nccc1CN(CCO)C(=O)C(=O)NCc1ccc2ccccc2c1. The van der Waals surface area contributed by atoms with E-state index in [4.69, 9.17) is 0 Å². The zero-order chi connectivity index (χ0) is 19.9. The molecule has 0 aliphatic carbocycles. The number of aliphatic hydroxyl groups is 1. The summed E-state index contributed by atoms with van der Waals surface area (Å²) >= 11 is 0. The van der Waals surface area contributed by atoms with Crippen molar-refractivity contribution in [2.45, 2.75) is 26.6 Å². The van der Waals surface area contributed by atoms with Crippen molar-refractivity contribution in [2.24, 2.45) is 0 Å². The topological polar surface area (TPSA) is 87.5 Å². The normalized spacial score (nSPS) is 10.8. The maximum atomic E-state index is 12.6. The molecule has 1 aromatic heterocycles. The van der Waals surface area contributed by atoms with Gasteiger partial charge in [-0.2, -0.15) is 5.10 Å². The fourth-order valence-corrected chi connectivity index (χ4v) is 3.10. The first kappa shape index (κ1) is 19.6. The Hall–Kier alpha value is -3.19. The predicted octanol–water partition coefficient (Wildman–Crippen LogP) is 1.69. The summed E-state index contributed by atoms with van der Waals surface area (Å²) in [5.41, 5.74) is 1.73. The van der Waals surface area contributed by atoms with Gasteiger partial charge in [0.2, 0.25) is 0 Å². The third-order valence-corrected chi connectivity index (χ3v) is 4.58.